The van der Waals surface area contributed by atoms with Crippen molar-refractivity contribution in [3.05, 3.63) is 123 Å². The molecule has 0 unspecified atom stereocenters. The zero-order valence-corrected chi connectivity index (χ0v) is 22.0. The van der Waals surface area contributed by atoms with Gasteiger partial charge in [-0.05, 0) is 74.3 Å². The fourth-order valence-corrected chi connectivity index (χ4v) is 4.13. The van der Waals surface area contributed by atoms with Crippen molar-refractivity contribution in [1.82, 2.24) is 9.88 Å². The van der Waals surface area contributed by atoms with E-state index in [1.165, 1.54) is 6.07 Å². The predicted molar refractivity (Wildman–Crippen MR) is 146 cm³/mol. The minimum Gasteiger partial charge on any atom is -0.489 e. The molecule has 0 bridgehead atoms. The van der Waals surface area contributed by atoms with E-state index in [4.69, 9.17) is 27.9 Å². The Kier molecular flexibility index (Phi) is 8.77. The van der Waals surface area contributed by atoms with Crippen molar-refractivity contribution >= 4 is 34.8 Å². The van der Waals surface area contributed by atoms with Crippen LogP contribution in [0.5, 0.6) is 5.75 Å². The first-order valence-corrected chi connectivity index (χ1v) is 12.4. The topological polar surface area (TPSA) is 54.5 Å². The summed E-state index contributed by atoms with van der Waals surface area (Å²) < 4.78 is 20.1. The van der Waals surface area contributed by atoms with Gasteiger partial charge < -0.3 is 15.0 Å². The quantitative estimate of drug-likeness (QED) is 0.249. The summed E-state index contributed by atoms with van der Waals surface area (Å²) in [5, 5.41) is 3.75. The molecule has 0 radical (unpaired) electrons. The Morgan fingerprint density at radius 3 is 2.41 bits per heavy atom. The molecule has 1 amide bonds. The number of ether oxygens (including phenoxy) is 1. The molecule has 0 saturated heterocycles. The highest BCUT2D eigenvalue weighted by molar-refractivity contribution is 6.30. The summed E-state index contributed by atoms with van der Waals surface area (Å²) in [6.45, 7) is 0.850. The summed E-state index contributed by atoms with van der Waals surface area (Å²) in [7, 11) is 4.01. The number of anilines is 1. The number of benzene rings is 3. The molecule has 190 valence electrons. The van der Waals surface area contributed by atoms with Crippen molar-refractivity contribution in [1.29, 1.82) is 0 Å². The Bertz CT molecular complexity index is 1390. The lowest BCUT2D eigenvalue weighted by Gasteiger charge is -2.13. The normalized spacial score (nSPS) is 11.0. The van der Waals surface area contributed by atoms with Crippen LogP contribution in [0.2, 0.25) is 10.0 Å². The average Bonchev–Trinajstić information content (AvgIpc) is 2.85. The molecule has 0 fully saturated rings. The lowest BCUT2D eigenvalue weighted by Crippen LogP contribution is -2.15. The molecule has 4 rings (SSSR count). The third-order valence-corrected chi connectivity index (χ3v) is 6.01. The number of nitrogens with zero attached hydrogens (tertiary/aromatic N) is 2. The van der Waals surface area contributed by atoms with E-state index in [0.29, 0.717) is 44.9 Å². The molecule has 0 aliphatic rings. The summed E-state index contributed by atoms with van der Waals surface area (Å²) in [4.78, 5) is 19.5. The van der Waals surface area contributed by atoms with Gasteiger partial charge >= 0.3 is 0 Å². The number of carbonyl (C=O) groups is 1. The van der Waals surface area contributed by atoms with E-state index in [0.717, 1.165) is 17.7 Å². The molecular weight excluding hydrogens is 512 g/mol. The molecule has 1 heterocycles. The Morgan fingerprint density at radius 2 is 1.68 bits per heavy atom. The Morgan fingerprint density at radius 1 is 0.946 bits per heavy atom. The van der Waals surface area contributed by atoms with Crippen molar-refractivity contribution in [2.24, 2.45) is 0 Å². The molecule has 4 aromatic rings. The van der Waals surface area contributed by atoms with Crippen molar-refractivity contribution < 1.29 is 13.9 Å². The number of nitrogens with one attached hydrogen (secondary N) is 1. The fraction of sp³-hybridized carbons (Fsp3) is 0.172. The van der Waals surface area contributed by atoms with Crippen LogP contribution in [0.25, 0.3) is 0 Å². The fourth-order valence-electron chi connectivity index (χ4n) is 3.77. The lowest BCUT2D eigenvalue weighted by molar-refractivity contribution is 0.102. The molecule has 0 atom stereocenters. The summed E-state index contributed by atoms with van der Waals surface area (Å²) in [6.07, 6.45) is 0.374. The van der Waals surface area contributed by atoms with E-state index in [1.54, 1.807) is 42.5 Å². The maximum atomic E-state index is 14.2. The number of rotatable bonds is 9. The van der Waals surface area contributed by atoms with Crippen LogP contribution in [0.15, 0.2) is 78.9 Å². The van der Waals surface area contributed by atoms with Crippen LogP contribution in [-0.4, -0.2) is 29.9 Å². The average molecular weight is 538 g/mol. The van der Waals surface area contributed by atoms with Crippen LogP contribution < -0.4 is 10.1 Å². The highest BCUT2D eigenvalue weighted by atomic mass is 35.5. The van der Waals surface area contributed by atoms with Crippen LogP contribution in [0, 0.1) is 5.82 Å². The van der Waals surface area contributed by atoms with Gasteiger partial charge in [-0.2, -0.15) is 0 Å². The molecule has 0 saturated carbocycles. The Balaban J connectivity index is 1.46. The maximum absolute atomic E-state index is 14.2. The van der Waals surface area contributed by atoms with Gasteiger partial charge in [0.05, 0.1) is 0 Å². The maximum Gasteiger partial charge on any atom is 0.274 e. The Labute approximate surface area is 225 Å². The highest BCUT2D eigenvalue weighted by Crippen LogP contribution is 2.27. The second-order valence-electron chi connectivity index (χ2n) is 8.86. The third-order valence-electron chi connectivity index (χ3n) is 5.54. The Hall–Kier alpha value is -3.45. The molecule has 0 aliphatic carbocycles. The van der Waals surface area contributed by atoms with E-state index in [1.807, 2.05) is 44.4 Å². The van der Waals surface area contributed by atoms with E-state index < -0.39 is 5.82 Å². The van der Waals surface area contributed by atoms with Gasteiger partial charge in [0.15, 0.2) is 0 Å². The molecule has 37 heavy (non-hydrogen) atoms. The van der Waals surface area contributed by atoms with Crippen molar-refractivity contribution in [2.45, 2.75) is 19.6 Å². The highest BCUT2D eigenvalue weighted by Gasteiger charge is 2.13. The summed E-state index contributed by atoms with van der Waals surface area (Å²) in [6, 6.07) is 22.7. The largest absolute Gasteiger partial charge is 0.489 e. The lowest BCUT2D eigenvalue weighted by atomic mass is 10.1. The van der Waals surface area contributed by atoms with Gasteiger partial charge in [0.2, 0.25) is 0 Å². The minimum absolute atomic E-state index is 0.0286. The van der Waals surface area contributed by atoms with Gasteiger partial charge in [0.25, 0.3) is 5.91 Å². The molecule has 0 spiro atoms. The minimum atomic E-state index is -0.435. The second-order valence-corrected chi connectivity index (χ2v) is 9.73. The summed E-state index contributed by atoms with van der Waals surface area (Å²) in [5.41, 5.74) is 3.96. The van der Waals surface area contributed by atoms with Crippen LogP contribution >= 0.6 is 23.2 Å². The number of carbonyl (C=O) groups excluding carboxylic acids is 1. The third kappa shape index (κ3) is 7.52. The van der Waals surface area contributed by atoms with E-state index >= 15 is 0 Å². The molecule has 8 heteroatoms. The van der Waals surface area contributed by atoms with E-state index in [9.17, 15) is 9.18 Å². The van der Waals surface area contributed by atoms with Crippen LogP contribution in [-0.2, 0) is 19.6 Å². The number of amides is 1. The predicted octanol–water partition coefficient (Wildman–Crippen LogP) is 7.01. The van der Waals surface area contributed by atoms with Gasteiger partial charge in [-0.25, -0.2) is 9.37 Å². The zero-order valence-electron chi connectivity index (χ0n) is 20.5. The van der Waals surface area contributed by atoms with Gasteiger partial charge in [-0.15, -0.1) is 0 Å². The first-order valence-electron chi connectivity index (χ1n) is 11.6. The van der Waals surface area contributed by atoms with Crippen LogP contribution in [0.4, 0.5) is 10.1 Å². The summed E-state index contributed by atoms with van der Waals surface area (Å²) >= 11 is 12.1. The molecule has 5 nitrogen and oxygen atoms in total. The number of hydrogen-bond donors (Lipinski definition) is 1. The van der Waals surface area contributed by atoms with Crippen LogP contribution in [0.3, 0.4) is 0 Å². The first kappa shape index (κ1) is 26.6. The first-order chi connectivity index (χ1) is 17.8. The van der Waals surface area contributed by atoms with Gasteiger partial charge in [0.1, 0.15) is 23.9 Å². The van der Waals surface area contributed by atoms with Crippen molar-refractivity contribution in [2.75, 3.05) is 19.4 Å². The van der Waals surface area contributed by atoms with E-state index in [2.05, 4.69) is 15.2 Å². The molecule has 3 aromatic carbocycles. The number of halogens is 3. The van der Waals surface area contributed by atoms with Crippen molar-refractivity contribution in [3.63, 3.8) is 0 Å². The molecule has 0 aliphatic heterocycles. The van der Waals surface area contributed by atoms with Crippen molar-refractivity contribution in [3.8, 4) is 5.75 Å². The number of pyridine rings is 1. The SMILES string of the molecule is CN(C)Cc1ccc(NC(=O)c2cccc(Cc3cc(Cl)ccc3OCc3ccc(Cl)cc3F)n2)cc1. The standard InChI is InChI=1S/C29H26Cl2FN3O2/c1-35(2)17-19-6-11-24(12-7-19)34-29(36)27-5-3-4-25(33-27)15-21-14-22(30)10-13-28(21)37-18-20-8-9-23(31)16-26(20)32/h3-14,16H,15,17-18H2,1-2H3,(H,34,36). The molecule has 1 N–H and O–H groups in total. The van der Waals surface area contributed by atoms with Gasteiger partial charge in [-0.3, -0.25) is 4.79 Å². The van der Waals surface area contributed by atoms with Gasteiger partial charge in [-0.1, -0.05) is 47.5 Å². The second kappa shape index (κ2) is 12.2. The number of hydrogen-bond acceptors (Lipinski definition) is 4. The molecular formula is C29H26Cl2FN3O2. The molecule has 1 aromatic heterocycles. The zero-order chi connectivity index (χ0) is 26.4. The summed E-state index contributed by atoms with van der Waals surface area (Å²) in [5.74, 6) is -0.188. The number of aromatic nitrogens is 1. The smallest absolute Gasteiger partial charge is 0.274 e. The van der Waals surface area contributed by atoms with Gasteiger partial charge in [0, 0.05) is 45.5 Å². The van der Waals surface area contributed by atoms with Crippen LogP contribution in [0.1, 0.15) is 32.9 Å². The van der Waals surface area contributed by atoms with E-state index in [-0.39, 0.29) is 12.5 Å². The monoisotopic (exact) mass is 537 g/mol.